The Labute approximate surface area is 90.8 Å². The molecule has 2 aliphatic rings. The van der Waals surface area contributed by atoms with Crippen LogP contribution < -0.4 is 5.32 Å². The van der Waals surface area contributed by atoms with Crippen LogP contribution in [0.4, 0.5) is 0 Å². The van der Waals surface area contributed by atoms with Crippen molar-refractivity contribution in [2.45, 2.75) is 19.8 Å². The molecular weight excluding hydrogens is 189 g/mol. The molecule has 0 aromatic rings. The number of hydrogen-bond donors (Lipinski definition) is 1. The Morgan fingerprint density at radius 3 is 3.29 bits per heavy atom. The van der Waals surface area contributed by atoms with E-state index in [9.17, 15) is 0 Å². The van der Waals surface area contributed by atoms with Gasteiger partial charge in [0.1, 0.15) is 0 Å². The molecule has 2 heterocycles. The van der Waals surface area contributed by atoms with Crippen molar-refractivity contribution in [3.05, 3.63) is 23.1 Å². The molecule has 2 rings (SSSR count). The summed E-state index contributed by atoms with van der Waals surface area (Å²) >= 11 is 1.91. The summed E-state index contributed by atoms with van der Waals surface area (Å²) in [4.78, 5) is 1.52. The van der Waals surface area contributed by atoms with Crippen molar-refractivity contribution in [2.75, 3.05) is 13.1 Å². The second kappa shape index (κ2) is 4.99. The Balaban J connectivity index is 2.04. The number of rotatable bonds is 2. The first-order valence-corrected chi connectivity index (χ1v) is 6.23. The number of allylic oxidation sites excluding steroid dienone is 3. The summed E-state index contributed by atoms with van der Waals surface area (Å²) in [6.45, 7) is 4.54. The van der Waals surface area contributed by atoms with Crippen LogP contribution in [-0.2, 0) is 0 Å². The van der Waals surface area contributed by atoms with E-state index in [1.54, 1.807) is 0 Å². The minimum absolute atomic E-state index is 0.747. The predicted molar refractivity (Wildman–Crippen MR) is 66.8 cm³/mol. The summed E-state index contributed by atoms with van der Waals surface area (Å²) in [6.07, 6.45) is 11.4. The van der Waals surface area contributed by atoms with Gasteiger partial charge in [-0.2, -0.15) is 0 Å². The average Bonchev–Trinajstić information content (AvgIpc) is 2.63. The normalized spacial score (nSPS) is 26.5. The van der Waals surface area contributed by atoms with Gasteiger partial charge in [-0.1, -0.05) is 0 Å². The van der Waals surface area contributed by atoms with Crippen molar-refractivity contribution >= 4 is 23.3 Å². The molecule has 1 unspecified atom stereocenters. The zero-order valence-corrected chi connectivity index (χ0v) is 9.44. The molecule has 14 heavy (non-hydrogen) atoms. The van der Waals surface area contributed by atoms with Gasteiger partial charge < -0.3 is 0 Å². The molecule has 0 aromatic heterocycles. The molecule has 1 atom stereocenters. The molecule has 2 aliphatic heterocycles. The Kier molecular flexibility index (Phi) is 3.65. The molecule has 0 radical (unpaired) electrons. The first-order chi connectivity index (χ1) is 6.90. The van der Waals surface area contributed by atoms with Gasteiger partial charge in [-0.15, -0.1) is 0 Å². The SMILES string of the molecule is CCC1=BSC(C2CCNC2)=CC=C1. The molecular formula is C11H16BNS. The van der Waals surface area contributed by atoms with Gasteiger partial charge in [0.25, 0.3) is 0 Å². The second-order valence-electron chi connectivity index (χ2n) is 3.78. The molecule has 0 spiro atoms. The maximum atomic E-state index is 3.42. The molecule has 0 aliphatic carbocycles. The Morgan fingerprint density at radius 2 is 2.57 bits per heavy atom. The third-order valence-electron chi connectivity index (χ3n) is 2.79. The molecule has 74 valence electrons. The first kappa shape index (κ1) is 10.2. The molecule has 1 N–H and O–H groups in total. The van der Waals surface area contributed by atoms with Crippen LogP contribution in [-0.4, -0.2) is 24.8 Å². The minimum atomic E-state index is 0.747. The molecule has 0 saturated carbocycles. The summed E-state index contributed by atoms with van der Waals surface area (Å²) in [7, 11) is 0. The van der Waals surface area contributed by atoms with E-state index in [1.807, 2.05) is 11.6 Å². The van der Waals surface area contributed by atoms with Crippen LogP contribution in [0, 0.1) is 5.92 Å². The van der Waals surface area contributed by atoms with Gasteiger partial charge in [-0.3, -0.25) is 0 Å². The van der Waals surface area contributed by atoms with Gasteiger partial charge in [0.05, 0.1) is 0 Å². The topological polar surface area (TPSA) is 12.0 Å². The third kappa shape index (κ3) is 2.40. The van der Waals surface area contributed by atoms with E-state index in [-0.39, 0.29) is 0 Å². The van der Waals surface area contributed by atoms with Gasteiger partial charge in [0, 0.05) is 0 Å². The zero-order valence-electron chi connectivity index (χ0n) is 8.62. The summed E-state index contributed by atoms with van der Waals surface area (Å²) in [6, 6.07) is 0. The quantitative estimate of drug-likeness (QED) is 0.692. The van der Waals surface area contributed by atoms with E-state index in [0.29, 0.717) is 0 Å². The van der Waals surface area contributed by atoms with Crippen molar-refractivity contribution in [3.8, 4) is 0 Å². The Bertz CT molecular complexity index is 288. The van der Waals surface area contributed by atoms with E-state index in [1.165, 1.54) is 23.3 Å². The second-order valence-corrected chi connectivity index (χ2v) is 4.72. The number of hydrogen-bond acceptors (Lipinski definition) is 2. The number of nitrogens with one attached hydrogen (secondary N) is 1. The molecule has 0 bridgehead atoms. The monoisotopic (exact) mass is 205 g/mol. The van der Waals surface area contributed by atoms with Crippen LogP contribution in [0.15, 0.2) is 23.1 Å². The summed E-state index contributed by atoms with van der Waals surface area (Å²) < 4.78 is 0. The van der Waals surface area contributed by atoms with Gasteiger partial charge in [-0.25, -0.2) is 0 Å². The van der Waals surface area contributed by atoms with Crippen LogP contribution in [0.1, 0.15) is 19.8 Å². The molecule has 0 aromatic carbocycles. The van der Waals surface area contributed by atoms with Crippen molar-refractivity contribution in [3.63, 3.8) is 0 Å². The van der Waals surface area contributed by atoms with Crippen molar-refractivity contribution in [1.29, 1.82) is 0 Å². The van der Waals surface area contributed by atoms with E-state index in [0.717, 1.165) is 18.9 Å². The van der Waals surface area contributed by atoms with Crippen LogP contribution in [0.5, 0.6) is 0 Å². The van der Waals surface area contributed by atoms with Gasteiger partial charge in [-0.05, 0) is 0 Å². The van der Waals surface area contributed by atoms with E-state index < -0.39 is 0 Å². The molecule has 0 amide bonds. The van der Waals surface area contributed by atoms with E-state index in [2.05, 4.69) is 36.7 Å². The van der Waals surface area contributed by atoms with E-state index in [4.69, 9.17) is 0 Å². The maximum absolute atomic E-state index is 3.42. The Morgan fingerprint density at radius 1 is 1.64 bits per heavy atom. The fourth-order valence-electron chi connectivity index (χ4n) is 1.82. The van der Waals surface area contributed by atoms with Gasteiger partial charge >= 0.3 is 90.5 Å². The molecule has 1 nitrogen and oxygen atoms in total. The summed E-state index contributed by atoms with van der Waals surface area (Å²) in [5.41, 5.74) is 1.44. The fraction of sp³-hybridized carbons (Fsp3) is 0.545. The van der Waals surface area contributed by atoms with Crippen molar-refractivity contribution in [1.82, 2.24) is 5.32 Å². The molecule has 1 fully saturated rings. The molecule has 3 heteroatoms. The van der Waals surface area contributed by atoms with E-state index >= 15 is 0 Å². The van der Waals surface area contributed by atoms with Crippen LogP contribution in [0.2, 0.25) is 0 Å². The van der Waals surface area contributed by atoms with Crippen LogP contribution >= 0.6 is 11.6 Å². The average molecular weight is 205 g/mol. The fourth-order valence-corrected chi connectivity index (χ4v) is 2.90. The first-order valence-electron chi connectivity index (χ1n) is 5.35. The molecule has 1 saturated heterocycles. The van der Waals surface area contributed by atoms with Crippen LogP contribution in [0.3, 0.4) is 0 Å². The van der Waals surface area contributed by atoms with Gasteiger partial charge in [0.2, 0.25) is 0 Å². The van der Waals surface area contributed by atoms with Crippen LogP contribution in [0.25, 0.3) is 0 Å². The Hall–Kier alpha value is -0.275. The summed E-state index contributed by atoms with van der Waals surface area (Å²) in [5, 5.41) is 3.42. The third-order valence-corrected chi connectivity index (χ3v) is 3.95. The standard InChI is InChI=1S/C11H16BNS/c1-2-10-4-3-5-11(14-12-10)9-6-7-13-8-9/h3-5,9,13H,2,6-8H2,1H3. The van der Waals surface area contributed by atoms with Gasteiger partial charge in [0.15, 0.2) is 0 Å². The zero-order chi connectivity index (χ0) is 9.80. The van der Waals surface area contributed by atoms with Crippen molar-refractivity contribution in [2.24, 2.45) is 5.92 Å². The van der Waals surface area contributed by atoms with Crippen molar-refractivity contribution < 1.29 is 0 Å². The predicted octanol–water partition coefficient (Wildman–Crippen LogP) is 1.98. The summed E-state index contributed by atoms with van der Waals surface area (Å²) in [5.74, 6) is 0.747.